The van der Waals surface area contributed by atoms with Crippen LogP contribution in [-0.4, -0.2) is 143 Å². The number of H-pyrrole nitrogens is 1. The van der Waals surface area contributed by atoms with Crippen LogP contribution in [0.25, 0.3) is 0 Å². The van der Waals surface area contributed by atoms with Crippen molar-refractivity contribution >= 4 is 59.2 Å². The molecule has 1 aromatic rings. The molecule has 7 atom stereocenters. The van der Waals surface area contributed by atoms with E-state index in [-0.39, 0.29) is 44.7 Å². The molecule has 342 valence electrons. The lowest BCUT2D eigenvalue weighted by Gasteiger charge is -2.27. The largest absolute Gasteiger partial charge is 0.480 e. The molecule has 1 heterocycles. The lowest BCUT2D eigenvalue weighted by atomic mass is 9.97. The van der Waals surface area contributed by atoms with Crippen LogP contribution in [0.4, 0.5) is 0 Å². The van der Waals surface area contributed by atoms with Gasteiger partial charge < -0.3 is 75.6 Å². The van der Waals surface area contributed by atoms with E-state index in [0.29, 0.717) is 31.5 Å². The van der Waals surface area contributed by atoms with Crippen molar-refractivity contribution in [2.75, 3.05) is 32.7 Å². The average Bonchev–Trinajstić information content (AvgIpc) is 3.73. The third-order valence-corrected chi connectivity index (χ3v) is 9.14. The number of imidazole rings is 1. The smallest absolute Gasteiger partial charge is 0.326 e. The van der Waals surface area contributed by atoms with Crippen LogP contribution in [-0.2, 0) is 49.6 Å². The van der Waals surface area contributed by atoms with E-state index in [2.05, 4.69) is 57.5 Å². The lowest BCUT2D eigenvalue weighted by molar-refractivity contribution is -0.142. The van der Waals surface area contributed by atoms with E-state index in [4.69, 9.17) is 22.9 Å². The summed E-state index contributed by atoms with van der Waals surface area (Å²) >= 11 is 0. The Balaban J connectivity index is 2.98. The van der Waals surface area contributed by atoms with Gasteiger partial charge in [-0.1, -0.05) is 20.3 Å². The number of aliphatic carboxylic acids is 1. The molecule has 0 aliphatic heterocycles. The highest BCUT2D eigenvalue weighted by molar-refractivity contribution is 5.96. The van der Waals surface area contributed by atoms with Gasteiger partial charge >= 0.3 is 5.97 Å². The molecule has 0 bridgehead atoms. The molecule has 8 amide bonds. The number of guanidine groups is 1. The number of amides is 8. The molecule has 25 nitrogen and oxygen atoms in total. The molecule has 1 aromatic heterocycles. The van der Waals surface area contributed by atoms with Gasteiger partial charge in [-0.05, 0) is 58.4 Å². The number of hydrogen-bond donors (Lipinski definition) is 14. The van der Waals surface area contributed by atoms with Crippen LogP contribution in [0, 0.1) is 5.92 Å². The van der Waals surface area contributed by atoms with Crippen molar-refractivity contribution in [1.29, 1.82) is 0 Å². The van der Waals surface area contributed by atoms with Crippen molar-refractivity contribution in [3.63, 3.8) is 0 Å². The van der Waals surface area contributed by atoms with Crippen LogP contribution in [0.5, 0.6) is 0 Å². The molecule has 1 rings (SSSR count). The summed E-state index contributed by atoms with van der Waals surface area (Å²) in [5.74, 6) is -7.75. The van der Waals surface area contributed by atoms with Crippen molar-refractivity contribution in [3.8, 4) is 0 Å². The number of aromatic amines is 1. The molecule has 0 unspecified atom stereocenters. The molecular weight excluding hydrogens is 802 g/mol. The van der Waals surface area contributed by atoms with E-state index in [9.17, 15) is 48.3 Å². The molecule has 18 N–H and O–H groups in total. The van der Waals surface area contributed by atoms with Crippen molar-refractivity contribution in [3.05, 3.63) is 18.2 Å². The number of unbranched alkanes of at least 4 members (excludes halogenated alkanes) is 1. The van der Waals surface area contributed by atoms with Crippen molar-refractivity contribution in [2.45, 2.75) is 109 Å². The van der Waals surface area contributed by atoms with Gasteiger partial charge in [0.1, 0.15) is 36.3 Å². The van der Waals surface area contributed by atoms with Gasteiger partial charge in [0.15, 0.2) is 5.96 Å². The van der Waals surface area contributed by atoms with Gasteiger partial charge in [-0.15, -0.1) is 0 Å². The van der Waals surface area contributed by atoms with Crippen LogP contribution in [0.1, 0.15) is 71.9 Å². The maximum atomic E-state index is 13.6. The highest BCUT2D eigenvalue weighted by Crippen LogP contribution is 2.10. The van der Waals surface area contributed by atoms with Gasteiger partial charge in [-0.25, -0.2) is 9.78 Å². The summed E-state index contributed by atoms with van der Waals surface area (Å²) in [5.41, 5.74) is 21.9. The van der Waals surface area contributed by atoms with Crippen molar-refractivity contribution in [2.24, 2.45) is 33.8 Å². The Hall–Kier alpha value is -6.37. The minimum atomic E-state index is -1.33. The standard InChI is InChI=1S/C36H63N15O10/c1-5-19(2)29(51-28(54)17-43-30(55)20(3)47-31(56)21(4)46-26(52)14-38)34(59)49-23(9-6-7-11-37)32(57)44-16-27(53)48-25(13-22-15-41-18-45-22)33(58)50-24(35(60)61)10-8-12-42-36(39)40/h15,18-21,23-25,29H,5-14,16-17,37-38H2,1-4H3,(H,41,45)(H,43,55)(H,44,57)(H,46,52)(H,47,56)(H,48,53)(H,49,59)(H,50,58)(H,51,54)(H,60,61)(H4,39,40,42)/t19-,20-,21-,23-,24-,25-,29-/m0/s1. The number of aromatic nitrogens is 2. The molecule has 0 aliphatic rings. The molecule has 25 heteroatoms. The number of nitrogens with one attached hydrogen (secondary N) is 9. The molecule has 61 heavy (non-hydrogen) atoms. The number of rotatable bonds is 29. The van der Waals surface area contributed by atoms with E-state index < -0.39 is 108 Å². The van der Waals surface area contributed by atoms with Crippen LogP contribution in [0.15, 0.2) is 17.5 Å². The number of carboxylic acids is 1. The molecule has 0 spiro atoms. The fourth-order valence-corrected chi connectivity index (χ4v) is 5.43. The van der Waals surface area contributed by atoms with Crippen LogP contribution < -0.4 is 65.5 Å². The Morgan fingerprint density at radius 1 is 0.705 bits per heavy atom. The second kappa shape index (κ2) is 28.2. The molecule has 0 saturated carbocycles. The van der Waals surface area contributed by atoms with Gasteiger partial charge in [0.2, 0.25) is 47.3 Å². The Labute approximate surface area is 353 Å². The first kappa shape index (κ1) is 52.6. The molecule has 0 aliphatic carbocycles. The normalized spacial score (nSPS) is 14.2. The first-order valence-corrected chi connectivity index (χ1v) is 19.8. The monoisotopic (exact) mass is 865 g/mol. The molecule has 0 fully saturated rings. The van der Waals surface area contributed by atoms with E-state index in [0.717, 1.165) is 0 Å². The first-order chi connectivity index (χ1) is 28.8. The Kier molecular flexibility index (Phi) is 24.3. The highest BCUT2D eigenvalue weighted by atomic mass is 16.4. The summed E-state index contributed by atoms with van der Waals surface area (Å²) in [7, 11) is 0. The number of aliphatic imine (C=N–C) groups is 1. The summed E-state index contributed by atoms with van der Waals surface area (Å²) in [4.78, 5) is 125. The van der Waals surface area contributed by atoms with Crippen LogP contribution >= 0.6 is 0 Å². The maximum absolute atomic E-state index is 13.6. The quantitative estimate of drug-likeness (QED) is 0.0203. The van der Waals surface area contributed by atoms with Crippen molar-refractivity contribution in [1.82, 2.24) is 52.5 Å². The molecule has 0 radical (unpaired) electrons. The van der Waals surface area contributed by atoms with Crippen LogP contribution in [0.3, 0.4) is 0 Å². The Morgan fingerprint density at radius 3 is 1.89 bits per heavy atom. The van der Waals surface area contributed by atoms with E-state index >= 15 is 0 Å². The number of nitrogens with zero attached hydrogens (tertiary/aromatic N) is 2. The zero-order valence-electron chi connectivity index (χ0n) is 35.0. The molecule has 0 saturated heterocycles. The predicted molar refractivity (Wildman–Crippen MR) is 220 cm³/mol. The first-order valence-electron chi connectivity index (χ1n) is 19.8. The predicted octanol–water partition coefficient (Wildman–Crippen LogP) is -5.59. The van der Waals surface area contributed by atoms with Gasteiger partial charge in [0.05, 0.1) is 26.0 Å². The number of carbonyl (C=O) groups excluding carboxylic acids is 8. The minimum Gasteiger partial charge on any atom is -0.480 e. The second-order valence-corrected chi connectivity index (χ2v) is 14.2. The minimum absolute atomic E-state index is 0.0199. The third-order valence-electron chi connectivity index (χ3n) is 9.14. The van der Waals surface area contributed by atoms with Gasteiger partial charge in [0, 0.05) is 24.9 Å². The Morgan fingerprint density at radius 2 is 1.31 bits per heavy atom. The fraction of sp³-hybridized carbons (Fsp3) is 0.639. The third kappa shape index (κ3) is 20.9. The zero-order chi connectivity index (χ0) is 46.1. The lowest BCUT2D eigenvalue weighted by Crippen LogP contribution is -2.58. The number of hydrogen-bond acceptors (Lipinski definition) is 13. The van der Waals surface area contributed by atoms with E-state index in [1.54, 1.807) is 13.8 Å². The SMILES string of the molecule is CC[C@H](C)[C@H](NC(=O)CNC(=O)[C@H](C)NC(=O)[C@H](C)NC(=O)CN)C(=O)N[C@@H](CCCCN)C(=O)NCC(=O)N[C@@H](Cc1cnc[nH]1)C(=O)N[C@@H](CCCN=C(N)N)C(=O)O. The van der Waals surface area contributed by atoms with Gasteiger partial charge in [-0.3, -0.25) is 43.3 Å². The summed E-state index contributed by atoms with van der Waals surface area (Å²) in [6.07, 6.45) is 4.31. The highest BCUT2D eigenvalue weighted by Gasteiger charge is 2.31. The van der Waals surface area contributed by atoms with E-state index in [1.165, 1.54) is 26.4 Å². The zero-order valence-corrected chi connectivity index (χ0v) is 35.0. The average molecular weight is 866 g/mol. The van der Waals surface area contributed by atoms with Crippen LogP contribution in [0.2, 0.25) is 0 Å². The van der Waals surface area contributed by atoms with Crippen molar-refractivity contribution < 1.29 is 48.3 Å². The molecule has 0 aromatic carbocycles. The summed E-state index contributed by atoms with van der Waals surface area (Å²) in [5, 5.41) is 29.4. The fourth-order valence-electron chi connectivity index (χ4n) is 5.43. The summed E-state index contributed by atoms with van der Waals surface area (Å²) in [6.45, 7) is 5.13. The Bertz CT molecular complexity index is 1660. The topological polar surface area (TPSA) is 415 Å². The number of carbonyl (C=O) groups is 9. The maximum Gasteiger partial charge on any atom is 0.326 e. The number of carboxylic acid groups (broad SMARTS) is 1. The number of nitrogens with two attached hydrogens (primary N) is 4. The summed E-state index contributed by atoms with van der Waals surface area (Å²) in [6, 6.07) is -7.05. The second-order valence-electron chi connectivity index (χ2n) is 14.2. The van der Waals surface area contributed by atoms with Gasteiger partial charge in [0.25, 0.3) is 0 Å². The summed E-state index contributed by atoms with van der Waals surface area (Å²) < 4.78 is 0. The molecular formula is C36H63N15O10. The van der Waals surface area contributed by atoms with E-state index in [1.807, 2.05) is 0 Å². The van der Waals surface area contributed by atoms with Gasteiger partial charge in [-0.2, -0.15) is 0 Å².